The number of aromatic hydroxyl groups is 1. The molecule has 1 aromatic rings. The van der Waals surface area contributed by atoms with E-state index in [1.807, 2.05) is 12.1 Å². The van der Waals surface area contributed by atoms with Gasteiger partial charge in [0.1, 0.15) is 10.1 Å². The number of thiocarbonyl (C=S) groups is 1. The first-order valence-electron chi connectivity index (χ1n) is 5.37. The van der Waals surface area contributed by atoms with Crippen molar-refractivity contribution in [3.8, 4) is 5.75 Å². The van der Waals surface area contributed by atoms with Gasteiger partial charge in [-0.05, 0) is 31.5 Å². The topological polar surface area (TPSA) is 23.5 Å². The molecule has 1 rings (SSSR count). The van der Waals surface area contributed by atoms with Crippen molar-refractivity contribution in [2.75, 3.05) is 13.1 Å². The Labute approximate surface area is 107 Å². The smallest absolute Gasteiger partial charge is 0.136 e. The highest BCUT2D eigenvalue weighted by molar-refractivity contribution is 8.22. The Morgan fingerprint density at radius 1 is 1.25 bits per heavy atom. The van der Waals surface area contributed by atoms with Crippen molar-refractivity contribution >= 4 is 28.3 Å². The minimum absolute atomic E-state index is 0.306. The third kappa shape index (κ3) is 4.02. The maximum absolute atomic E-state index is 9.16. The van der Waals surface area contributed by atoms with Gasteiger partial charge in [0.15, 0.2) is 0 Å². The van der Waals surface area contributed by atoms with Crippen LogP contribution in [0, 0.1) is 0 Å². The lowest BCUT2D eigenvalue weighted by atomic mass is 10.2. The average molecular weight is 255 g/mol. The molecule has 0 spiro atoms. The summed E-state index contributed by atoms with van der Waals surface area (Å²) in [5.74, 6) is 1.16. The third-order valence-electron chi connectivity index (χ3n) is 2.32. The van der Waals surface area contributed by atoms with Crippen LogP contribution in [0.3, 0.4) is 0 Å². The second kappa shape index (κ2) is 6.76. The quantitative estimate of drug-likeness (QED) is 0.834. The van der Waals surface area contributed by atoms with E-state index in [1.54, 1.807) is 23.9 Å². The van der Waals surface area contributed by atoms with E-state index in [9.17, 15) is 0 Å². The molecule has 2 nitrogen and oxygen atoms in total. The van der Waals surface area contributed by atoms with E-state index < -0.39 is 0 Å². The van der Waals surface area contributed by atoms with Crippen molar-refractivity contribution in [3.05, 3.63) is 29.8 Å². The van der Waals surface area contributed by atoms with Crippen LogP contribution in [-0.2, 0) is 5.75 Å². The van der Waals surface area contributed by atoms with Crippen molar-refractivity contribution in [3.63, 3.8) is 0 Å². The average Bonchev–Trinajstić information content (AvgIpc) is 2.30. The highest BCUT2D eigenvalue weighted by Crippen LogP contribution is 2.18. The van der Waals surface area contributed by atoms with Crippen molar-refractivity contribution < 1.29 is 5.11 Å². The number of phenols is 1. The Hall–Kier alpha value is -0.740. The summed E-state index contributed by atoms with van der Waals surface area (Å²) < 4.78 is 0.943. The van der Waals surface area contributed by atoms with Crippen molar-refractivity contribution in [2.45, 2.75) is 19.6 Å². The SMILES string of the molecule is CCN(CC)C(=S)SCc1ccc(O)cc1. The Morgan fingerprint density at radius 3 is 2.31 bits per heavy atom. The number of hydrogen-bond donors (Lipinski definition) is 1. The molecule has 0 bridgehead atoms. The van der Waals surface area contributed by atoms with Crippen molar-refractivity contribution in [1.82, 2.24) is 4.90 Å². The zero-order valence-electron chi connectivity index (χ0n) is 9.64. The Morgan fingerprint density at radius 2 is 1.81 bits per heavy atom. The molecule has 0 saturated heterocycles. The number of nitrogens with zero attached hydrogens (tertiary/aromatic N) is 1. The highest BCUT2D eigenvalue weighted by atomic mass is 32.2. The summed E-state index contributed by atoms with van der Waals surface area (Å²) in [7, 11) is 0. The molecule has 1 aromatic carbocycles. The summed E-state index contributed by atoms with van der Waals surface area (Å²) in [5.41, 5.74) is 1.18. The van der Waals surface area contributed by atoms with Crippen LogP contribution in [0.5, 0.6) is 5.75 Å². The van der Waals surface area contributed by atoms with E-state index in [2.05, 4.69) is 18.7 Å². The molecule has 0 heterocycles. The first kappa shape index (κ1) is 13.3. The first-order valence-corrected chi connectivity index (χ1v) is 6.76. The molecule has 0 aromatic heterocycles. The van der Waals surface area contributed by atoms with Crippen molar-refractivity contribution in [1.29, 1.82) is 0 Å². The molecule has 0 amide bonds. The lowest BCUT2D eigenvalue weighted by Gasteiger charge is -2.20. The monoisotopic (exact) mass is 255 g/mol. The lowest BCUT2D eigenvalue weighted by molar-refractivity contribution is 0.475. The third-order valence-corrected chi connectivity index (χ3v) is 3.91. The van der Waals surface area contributed by atoms with E-state index >= 15 is 0 Å². The maximum Gasteiger partial charge on any atom is 0.136 e. The second-order valence-corrected chi connectivity index (χ2v) is 5.00. The second-order valence-electron chi connectivity index (χ2n) is 3.39. The number of benzene rings is 1. The van der Waals surface area contributed by atoms with E-state index in [-0.39, 0.29) is 0 Å². The van der Waals surface area contributed by atoms with Gasteiger partial charge in [0.25, 0.3) is 0 Å². The summed E-state index contributed by atoms with van der Waals surface area (Å²) in [4.78, 5) is 2.17. The molecule has 0 aliphatic heterocycles. The van der Waals surface area contributed by atoms with Gasteiger partial charge in [-0.1, -0.05) is 36.1 Å². The first-order chi connectivity index (χ1) is 7.67. The van der Waals surface area contributed by atoms with E-state index in [4.69, 9.17) is 17.3 Å². The Balaban J connectivity index is 2.45. The number of phenolic OH excluding ortho intramolecular Hbond substituents is 1. The molecule has 0 unspecified atom stereocenters. The molecule has 0 fully saturated rings. The zero-order chi connectivity index (χ0) is 12.0. The van der Waals surface area contributed by atoms with Crippen LogP contribution in [0.1, 0.15) is 19.4 Å². The molecular formula is C12H17NOS2. The van der Waals surface area contributed by atoms with Crippen LogP contribution in [0.25, 0.3) is 0 Å². The number of thioether (sulfide) groups is 1. The molecule has 0 aliphatic carbocycles. The van der Waals surface area contributed by atoms with Crippen LogP contribution in [0.4, 0.5) is 0 Å². The van der Waals surface area contributed by atoms with E-state index in [1.165, 1.54) is 5.56 Å². The molecule has 4 heteroatoms. The van der Waals surface area contributed by atoms with Crippen LogP contribution >= 0.6 is 24.0 Å². The predicted octanol–water partition coefficient (Wildman–Crippen LogP) is 3.25. The fraction of sp³-hybridized carbons (Fsp3) is 0.417. The van der Waals surface area contributed by atoms with Crippen LogP contribution in [0.2, 0.25) is 0 Å². The number of rotatable bonds is 4. The van der Waals surface area contributed by atoms with Crippen LogP contribution in [0.15, 0.2) is 24.3 Å². The Kier molecular flexibility index (Phi) is 5.63. The highest BCUT2D eigenvalue weighted by Gasteiger charge is 2.05. The molecule has 16 heavy (non-hydrogen) atoms. The largest absolute Gasteiger partial charge is 0.508 e. The van der Waals surface area contributed by atoms with Gasteiger partial charge >= 0.3 is 0 Å². The van der Waals surface area contributed by atoms with Crippen molar-refractivity contribution in [2.24, 2.45) is 0 Å². The van der Waals surface area contributed by atoms with E-state index in [0.29, 0.717) is 5.75 Å². The normalized spacial score (nSPS) is 10.1. The molecular weight excluding hydrogens is 238 g/mol. The van der Waals surface area contributed by atoms with Gasteiger partial charge in [-0.25, -0.2) is 0 Å². The fourth-order valence-electron chi connectivity index (χ4n) is 1.31. The van der Waals surface area contributed by atoms with Gasteiger partial charge in [0, 0.05) is 18.8 Å². The molecule has 0 saturated carbocycles. The lowest BCUT2D eigenvalue weighted by Crippen LogP contribution is -2.26. The summed E-state index contributed by atoms with van der Waals surface area (Å²) >= 11 is 7.01. The minimum atomic E-state index is 0.306. The van der Waals surface area contributed by atoms with Gasteiger partial charge in [0.2, 0.25) is 0 Å². The molecule has 0 aliphatic rings. The van der Waals surface area contributed by atoms with Gasteiger partial charge in [-0.15, -0.1) is 0 Å². The van der Waals surface area contributed by atoms with Gasteiger partial charge in [-0.2, -0.15) is 0 Å². The molecule has 0 atom stereocenters. The standard InChI is InChI=1S/C12H17NOS2/c1-3-13(4-2)12(15)16-9-10-5-7-11(14)8-6-10/h5-8,14H,3-4,9H2,1-2H3. The Bertz CT molecular complexity index is 333. The number of hydrogen-bond acceptors (Lipinski definition) is 3. The van der Waals surface area contributed by atoms with Crippen LogP contribution in [-0.4, -0.2) is 27.4 Å². The summed E-state index contributed by atoms with van der Waals surface area (Å²) in [5, 5.41) is 9.16. The summed E-state index contributed by atoms with van der Waals surface area (Å²) in [6.45, 7) is 6.13. The fourth-order valence-corrected chi connectivity index (χ4v) is 2.67. The van der Waals surface area contributed by atoms with Crippen LogP contribution < -0.4 is 0 Å². The summed E-state index contributed by atoms with van der Waals surface area (Å²) in [6.07, 6.45) is 0. The van der Waals surface area contributed by atoms with Gasteiger partial charge < -0.3 is 10.0 Å². The molecule has 1 N–H and O–H groups in total. The minimum Gasteiger partial charge on any atom is -0.508 e. The zero-order valence-corrected chi connectivity index (χ0v) is 11.3. The summed E-state index contributed by atoms with van der Waals surface area (Å²) in [6, 6.07) is 7.26. The van der Waals surface area contributed by atoms with E-state index in [0.717, 1.165) is 23.2 Å². The molecule has 88 valence electrons. The van der Waals surface area contributed by atoms with Gasteiger partial charge in [0.05, 0.1) is 0 Å². The maximum atomic E-state index is 9.16. The van der Waals surface area contributed by atoms with Gasteiger partial charge in [-0.3, -0.25) is 0 Å². The molecule has 0 radical (unpaired) electrons. The predicted molar refractivity (Wildman–Crippen MR) is 74.9 cm³/mol.